The van der Waals surface area contributed by atoms with Crippen molar-refractivity contribution in [1.82, 2.24) is 10.2 Å². The summed E-state index contributed by atoms with van der Waals surface area (Å²) in [4.78, 5) is 2.64. The van der Waals surface area contributed by atoms with Crippen LogP contribution in [0.5, 0.6) is 0 Å². The average Bonchev–Trinajstić information content (AvgIpc) is 3.11. The molecule has 1 aliphatic carbocycles. The molecule has 2 rings (SSSR count). The zero-order valence-electron chi connectivity index (χ0n) is 11.0. The van der Waals surface area contributed by atoms with Gasteiger partial charge in [-0.15, -0.1) is 0 Å². The van der Waals surface area contributed by atoms with E-state index in [1.807, 2.05) is 0 Å². The smallest absolute Gasteiger partial charge is 0.0169 e. The fraction of sp³-hybridized carbons (Fsp3) is 1.00. The van der Waals surface area contributed by atoms with Gasteiger partial charge in [0.1, 0.15) is 0 Å². The van der Waals surface area contributed by atoms with Gasteiger partial charge in [0.25, 0.3) is 0 Å². The summed E-state index contributed by atoms with van der Waals surface area (Å²) >= 11 is 0. The second-order valence-electron chi connectivity index (χ2n) is 5.78. The van der Waals surface area contributed by atoms with Gasteiger partial charge in [-0.3, -0.25) is 0 Å². The fourth-order valence-electron chi connectivity index (χ4n) is 3.03. The number of rotatable bonds is 6. The van der Waals surface area contributed by atoms with E-state index in [1.165, 1.54) is 58.2 Å². The topological polar surface area (TPSA) is 15.3 Å². The van der Waals surface area contributed by atoms with E-state index in [0.717, 1.165) is 12.0 Å². The van der Waals surface area contributed by atoms with Crippen LogP contribution in [0.4, 0.5) is 0 Å². The molecule has 0 bridgehead atoms. The first-order chi connectivity index (χ1) is 7.79. The zero-order chi connectivity index (χ0) is 11.4. The van der Waals surface area contributed by atoms with Crippen LogP contribution in [0.3, 0.4) is 0 Å². The van der Waals surface area contributed by atoms with Crippen LogP contribution >= 0.6 is 0 Å². The Morgan fingerprint density at radius 3 is 2.44 bits per heavy atom. The lowest BCUT2D eigenvalue weighted by Crippen LogP contribution is -2.45. The molecule has 2 nitrogen and oxygen atoms in total. The van der Waals surface area contributed by atoms with Gasteiger partial charge in [-0.2, -0.15) is 0 Å². The number of piperidine rings is 1. The van der Waals surface area contributed by atoms with Gasteiger partial charge in [-0.25, -0.2) is 0 Å². The summed E-state index contributed by atoms with van der Waals surface area (Å²) in [6.45, 7) is 8.59. The number of hydrogen-bond donors (Lipinski definition) is 1. The summed E-state index contributed by atoms with van der Waals surface area (Å²) in [5, 5.41) is 3.83. The van der Waals surface area contributed by atoms with Crippen molar-refractivity contribution in [2.24, 2.45) is 5.92 Å². The van der Waals surface area contributed by atoms with Crippen molar-refractivity contribution in [1.29, 1.82) is 0 Å². The van der Waals surface area contributed by atoms with E-state index in [2.05, 4.69) is 24.1 Å². The Morgan fingerprint density at radius 1 is 1.19 bits per heavy atom. The third-order valence-corrected chi connectivity index (χ3v) is 4.11. The molecule has 2 unspecified atom stereocenters. The molecule has 2 aliphatic rings. The second-order valence-corrected chi connectivity index (χ2v) is 5.78. The minimum Gasteiger partial charge on any atom is -0.310 e. The lowest BCUT2D eigenvalue weighted by molar-refractivity contribution is 0.201. The molecular weight excluding hydrogens is 196 g/mol. The van der Waals surface area contributed by atoms with Gasteiger partial charge in [-0.1, -0.05) is 13.3 Å². The third kappa shape index (κ3) is 3.74. The summed E-state index contributed by atoms with van der Waals surface area (Å²) in [5.74, 6) is 0.994. The average molecular weight is 224 g/mol. The largest absolute Gasteiger partial charge is 0.310 e. The van der Waals surface area contributed by atoms with Crippen molar-refractivity contribution >= 4 is 0 Å². The number of nitrogens with zero attached hydrogens (tertiary/aromatic N) is 1. The van der Waals surface area contributed by atoms with E-state index < -0.39 is 0 Å². The highest BCUT2D eigenvalue weighted by atomic mass is 15.2. The highest BCUT2D eigenvalue weighted by molar-refractivity contribution is 4.87. The summed E-state index contributed by atoms with van der Waals surface area (Å²) in [5.41, 5.74) is 0. The molecule has 0 aromatic carbocycles. The monoisotopic (exact) mass is 224 g/mol. The van der Waals surface area contributed by atoms with Crippen LogP contribution in [0.25, 0.3) is 0 Å². The number of hydrogen-bond acceptors (Lipinski definition) is 2. The molecule has 1 aliphatic heterocycles. The Bertz CT molecular complexity index is 195. The van der Waals surface area contributed by atoms with Gasteiger partial charge in [0, 0.05) is 18.6 Å². The molecule has 2 atom stereocenters. The van der Waals surface area contributed by atoms with Crippen LogP contribution in [-0.2, 0) is 0 Å². The maximum atomic E-state index is 3.83. The van der Waals surface area contributed by atoms with Crippen molar-refractivity contribution in [3.8, 4) is 0 Å². The predicted molar refractivity (Wildman–Crippen MR) is 69.7 cm³/mol. The molecule has 0 aromatic rings. The van der Waals surface area contributed by atoms with E-state index in [4.69, 9.17) is 0 Å². The Balaban J connectivity index is 1.67. The van der Waals surface area contributed by atoms with Crippen LogP contribution < -0.4 is 5.32 Å². The maximum absolute atomic E-state index is 3.83. The highest BCUT2D eigenvalue weighted by Crippen LogP contribution is 2.34. The standard InChI is InChI=1S/C14H28N2/c1-3-14(13-7-8-13)15-12(2)11-16-9-5-4-6-10-16/h12-15H,3-11H2,1-2H3. The number of likely N-dealkylation sites (tertiary alicyclic amines) is 1. The van der Waals surface area contributed by atoms with Crippen LogP contribution in [0.15, 0.2) is 0 Å². The van der Waals surface area contributed by atoms with E-state index in [9.17, 15) is 0 Å². The second kappa shape index (κ2) is 6.02. The molecule has 16 heavy (non-hydrogen) atoms. The van der Waals surface area contributed by atoms with Gasteiger partial charge < -0.3 is 10.2 Å². The third-order valence-electron chi connectivity index (χ3n) is 4.11. The van der Waals surface area contributed by atoms with Gasteiger partial charge in [0.15, 0.2) is 0 Å². The first-order valence-electron chi connectivity index (χ1n) is 7.28. The van der Waals surface area contributed by atoms with Crippen molar-refractivity contribution in [2.75, 3.05) is 19.6 Å². The zero-order valence-corrected chi connectivity index (χ0v) is 11.0. The fourth-order valence-corrected chi connectivity index (χ4v) is 3.03. The lowest BCUT2D eigenvalue weighted by Gasteiger charge is -2.31. The molecule has 2 heteroatoms. The first kappa shape index (κ1) is 12.4. The van der Waals surface area contributed by atoms with Crippen molar-refractivity contribution in [2.45, 2.75) is 64.5 Å². The lowest BCUT2D eigenvalue weighted by atomic mass is 10.1. The Morgan fingerprint density at radius 2 is 1.88 bits per heavy atom. The molecule has 0 radical (unpaired) electrons. The first-order valence-corrected chi connectivity index (χ1v) is 7.28. The minimum atomic E-state index is 0.670. The van der Waals surface area contributed by atoms with Gasteiger partial charge in [-0.05, 0) is 58.0 Å². The molecule has 1 saturated heterocycles. The van der Waals surface area contributed by atoms with Crippen LogP contribution in [0.1, 0.15) is 52.4 Å². The van der Waals surface area contributed by atoms with Gasteiger partial charge in [0.2, 0.25) is 0 Å². The van der Waals surface area contributed by atoms with E-state index >= 15 is 0 Å². The minimum absolute atomic E-state index is 0.670. The molecule has 1 saturated carbocycles. The SMILES string of the molecule is CCC(NC(C)CN1CCCCC1)C1CC1. The van der Waals surface area contributed by atoms with E-state index in [0.29, 0.717) is 6.04 Å². The quantitative estimate of drug-likeness (QED) is 0.746. The molecule has 0 spiro atoms. The Kier molecular flexibility index (Phi) is 4.66. The summed E-state index contributed by atoms with van der Waals surface area (Å²) < 4.78 is 0. The van der Waals surface area contributed by atoms with Crippen LogP contribution in [-0.4, -0.2) is 36.6 Å². The highest BCUT2D eigenvalue weighted by Gasteiger charge is 2.30. The molecule has 1 heterocycles. The van der Waals surface area contributed by atoms with E-state index in [-0.39, 0.29) is 0 Å². The molecule has 1 N–H and O–H groups in total. The summed E-state index contributed by atoms with van der Waals surface area (Å²) in [6, 6.07) is 1.46. The van der Waals surface area contributed by atoms with Gasteiger partial charge >= 0.3 is 0 Å². The van der Waals surface area contributed by atoms with Crippen molar-refractivity contribution in [3.05, 3.63) is 0 Å². The predicted octanol–water partition coefficient (Wildman–Crippen LogP) is 2.64. The van der Waals surface area contributed by atoms with Crippen LogP contribution in [0, 0.1) is 5.92 Å². The summed E-state index contributed by atoms with van der Waals surface area (Å²) in [7, 11) is 0. The van der Waals surface area contributed by atoms with E-state index in [1.54, 1.807) is 0 Å². The normalized spacial score (nSPS) is 26.6. The van der Waals surface area contributed by atoms with Gasteiger partial charge in [0.05, 0.1) is 0 Å². The van der Waals surface area contributed by atoms with Crippen LogP contribution in [0.2, 0.25) is 0 Å². The molecule has 0 amide bonds. The van der Waals surface area contributed by atoms with Crippen molar-refractivity contribution in [3.63, 3.8) is 0 Å². The molecule has 2 fully saturated rings. The maximum Gasteiger partial charge on any atom is 0.0169 e. The Hall–Kier alpha value is -0.0800. The molecule has 0 aromatic heterocycles. The number of nitrogens with one attached hydrogen (secondary N) is 1. The Labute approximate surface area is 101 Å². The summed E-state index contributed by atoms with van der Waals surface area (Å²) in [6.07, 6.45) is 8.48. The molecular formula is C14H28N2. The van der Waals surface area contributed by atoms with Crippen molar-refractivity contribution < 1.29 is 0 Å². The molecule has 94 valence electrons.